The van der Waals surface area contributed by atoms with Crippen molar-refractivity contribution in [1.29, 1.82) is 0 Å². The zero-order chi connectivity index (χ0) is 20.1. The predicted octanol–water partition coefficient (Wildman–Crippen LogP) is 2.08. The van der Waals surface area contributed by atoms with Gasteiger partial charge in [-0.05, 0) is 55.3 Å². The Morgan fingerprint density at radius 3 is 2.11 bits per heavy atom. The lowest BCUT2D eigenvalue weighted by molar-refractivity contribution is 0.0846. The van der Waals surface area contributed by atoms with Gasteiger partial charge in [0, 0.05) is 24.2 Å². The first kappa shape index (κ1) is 20.0. The summed E-state index contributed by atoms with van der Waals surface area (Å²) >= 11 is 0. The summed E-state index contributed by atoms with van der Waals surface area (Å²) < 4.78 is 39.8. The first-order valence-electron chi connectivity index (χ1n) is 8.84. The summed E-state index contributed by atoms with van der Waals surface area (Å²) in [6, 6.07) is 10.5. The lowest BCUT2D eigenvalue weighted by atomic mass is 10.2. The fraction of sp³-hybridized carbons (Fsp3) is 0.263. The van der Waals surface area contributed by atoms with E-state index in [1.54, 1.807) is 0 Å². The van der Waals surface area contributed by atoms with Gasteiger partial charge in [0.15, 0.2) is 0 Å². The van der Waals surface area contributed by atoms with Crippen molar-refractivity contribution in [2.45, 2.75) is 24.2 Å². The molecule has 2 N–H and O–H groups in total. The van der Waals surface area contributed by atoms with Gasteiger partial charge in [0.2, 0.25) is 10.0 Å². The molecule has 1 aliphatic rings. The molecule has 0 radical (unpaired) electrons. The van der Waals surface area contributed by atoms with Crippen molar-refractivity contribution in [2.24, 2.45) is 0 Å². The van der Waals surface area contributed by atoms with Crippen molar-refractivity contribution in [3.05, 3.63) is 65.5 Å². The molecule has 3 rings (SSSR count). The number of hydrazine groups is 1. The molecule has 1 saturated heterocycles. The van der Waals surface area contributed by atoms with E-state index in [4.69, 9.17) is 0 Å². The van der Waals surface area contributed by atoms with Crippen molar-refractivity contribution in [3.8, 4) is 0 Å². The van der Waals surface area contributed by atoms with Crippen LogP contribution in [0.5, 0.6) is 0 Å². The molecule has 0 unspecified atom stereocenters. The summed E-state index contributed by atoms with van der Waals surface area (Å²) in [6.07, 6.45) is 2.63. The van der Waals surface area contributed by atoms with Gasteiger partial charge in [0.25, 0.3) is 11.8 Å². The van der Waals surface area contributed by atoms with Crippen LogP contribution in [0, 0.1) is 5.82 Å². The fourth-order valence-electron chi connectivity index (χ4n) is 2.91. The molecular weight excluding hydrogens is 385 g/mol. The number of benzene rings is 2. The number of piperidine rings is 1. The summed E-state index contributed by atoms with van der Waals surface area (Å²) in [7, 11) is -3.67. The largest absolute Gasteiger partial charge is 0.269 e. The molecule has 0 bridgehead atoms. The maximum atomic E-state index is 12.9. The van der Waals surface area contributed by atoms with E-state index < -0.39 is 27.7 Å². The molecule has 1 heterocycles. The molecular formula is C19H20FN3O4S. The molecule has 148 valence electrons. The first-order valence-corrected chi connectivity index (χ1v) is 10.3. The number of carbonyl (C=O) groups excluding carboxylic acids is 2. The summed E-state index contributed by atoms with van der Waals surface area (Å²) in [5.41, 5.74) is 4.71. The number of sulfonamides is 1. The highest BCUT2D eigenvalue weighted by Gasteiger charge is 2.26. The molecule has 9 heteroatoms. The van der Waals surface area contributed by atoms with Crippen LogP contribution in [0.2, 0.25) is 0 Å². The number of halogens is 1. The lowest BCUT2D eigenvalue weighted by Crippen LogP contribution is -2.41. The molecule has 7 nitrogen and oxygen atoms in total. The smallest absolute Gasteiger partial charge is 0.267 e. The summed E-state index contributed by atoms with van der Waals surface area (Å²) in [5, 5.41) is 0. The van der Waals surface area contributed by atoms with Gasteiger partial charge in [-0.2, -0.15) is 4.31 Å². The zero-order valence-corrected chi connectivity index (χ0v) is 15.8. The lowest BCUT2D eigenvalue weighted by Gasteiger charge is -2.26. The van der Waals surface area contributed by atoms with Crippen LogP contribution in [0.25, 0.3) is 0 Å². The van der Waals surface area contributed by atoms with Crippen molar-refractivity contribution >= 4 is 21.8 Å². The minimum atomic E-state index is -3.67. The van der Waals surface area contributed by atoms with Crippen molar-refractivity contribution in [2.75, 3.05) is 13.1 Å². The Morgan fingerprint density at radius 1 is 0.857 bits per heavy atom. The van der Waals surface area contributed by atoms with Crippen LogP contribution in [-0.4, -0.2) is 37.6 Å². The molecule has 0 spiro atoms. The van der Waals surface area contributed by atoms with Crippen LogP contribution in [0.3, 0.4) is 0 Å². The van der Waals surface area contributed by atoms with E-state index in [1.807, 2.05) is 0 Å². The standard InChI is InChI=1S/C19H20FN3O4S/c20-16-9-7-14(8-10-16)18(24)21-22-19(25)15-5-4-6-17(13-15)28(26,27)23-11-2-1-3-12-23/h4-10,13H,1-3,11-12H2,(H,21,24)(H,22,25). The molecule has 2 aromatic carbocycles. The SMILES string of the molecule is O=C(NNC(=O)c1cccc(S(=O)(=O)N2CCCCC2)c1)c1ccc(F)cc1. The van der Waals surface area contributed by atoms with Gasteiger partial charge in [-0.3, -0.25) is 20.4 Å². The molecule has 28 heavy (non-hydrogen) atoms. The van der Waals surface area contributed by atoms with E-state index in [9.17, 15) is 22.4 Å². The van der Waals surface area contributed by atoms with Crippen LogP contribution < -0.4 is 10.9 Å². The second-order valence-electron chi connectivity index (χ2n) is 6.41. The minimum absolute atomic E-state index is 0.0342. The van der Waals surface area contributed by atoms with Crippen molar-refractivity contribution < 1.29 is 22.4 Å². The molecule has 0 aliphatic carbocycles. The molecule has 1 fully saturated rings. The highest BCUT2D eigenvalue weighted by atomic mass is 32.2. The Labute approximate surface area is 162 Å². The van der Waals surface area contributed by atoms with E-state index >= 15 is 0 Å². The Balaban J connectivity index is 1.68. The molecule has 0 saturated carbocycles. The van der Waals surface area contributed by atoms with Gasteiger partial charge < -0.3 is 0 Å². The van der Waals surface area contributed by atoms with Crippen LogP contribution in [0.4, 0.5) is 4.39 Å². The number of amides is 2. The third kappa shape index (κ3) is 4.55. The van der Waals surface area contributed by atoms with Crippen LogP contribution in [0.1, 0.15) is 40.0 Å². The Kier molecular flexibility index (Phi) is 6.05. The van der Waals surface area contributed by atoms with E-state index in [0.29, 0.717) is 13.1 Å². The van der Waals surface area contributed by atoms with Gasteiger partial charge >= 0.3 is 0 Å². The first-order chi connectivity index (χ1) is 13.4. The monoisotopic (exact) mass is 405 g/mol. The normalized spacial score (nSPS) is 15.0. The number of hydrogen-bond donors (Lipinski definition) is 2. The summed E-state index contributed by atoms with van der Waals surface area (Å²) in [4.78, 5) is 24.3. The second kappa shape index (κ2) is 8.49. The molecule has 2 aromatic rings. The molecule has 1 aliphatic heterocycles. The van der Waals surface area contributed by atoms with E-state index in [1.165, 1.54) is 40.7 Å². The molecule has 0 atom stereocenters. The number of nitrogens with one attached hydrogen (secondary N) is 2. The van der Waals surface area contributed by atoms with Gasteiger partial charge in [-0.1, -0.05) is 12.5 Å². The zero-order valence-electron chi connectivity index (χ0n) is 15.0. The Hall–Kier alpha value is -2.78. The highest BCUT2D eigenvalue weighted by molar-refractivity contribution is 7.89. The van der Waals surface area contributed by atoms with Crippen molar-refractivity contribution in [3.63, 3.8) is 0 Å². The summed E-state index contributed by atoms with van der Waals surface area (Å²) in [6.45, 7) is 0.930. The highest BCUT2D eigenvalue weighted by Crippen LogP contribution is 2.21. The average molecular weight is 405 g/mol. The Morgan fingerprint density at radius 2 is 1.46 bits per heavy atom. The van der Waals surface area contributed by atoms with Crippen LogP contribution in [-0.2, 0) is 10.0 Å². The topological polar surface area (TPSA) is 95.6 Å². The van der Waals surface area contributed by atoms with Crippen LogP contribution >= 0.6 is 0 Å². The van der Waals surface area contributed by atoms with E-state index in [-0.39, 0.29) is 16.0 Å². The van der Waals surface area contributed by atoms with Crippen molar-refractivity contribution in [1.82, 2.24) is 15.2 Å². The fourth-order valence-corrected chi connectivity index (χ4v) is 4.47. The number of hydrogen-bond acceptors (Lipinski definition) is 4. The minimum Gasteiger partial charge on any atom is -0.267 e. The van der Waals surface area contributed by atoms with Gasteiger partial charge in [-0.25, -0.2) is 12.8 Å². The van der Waals surface area contributed by atoms with Gasteiger partial charge in [0.1, 0.15) is 5.82 Å². The molecule has 0 aromatic heterocycles. The van der Waals surface area contributed by atoms with Gasteiger partial charge in [-0.15, -0.1) is 0 Å². The van der Waals surface area contributed by atoms with E-state index in [0.717, 1.165) is 31.4 Å². The second-order valence-corrected chi connectivity index (χ2v) is 8.35. The Bertz CT molecular complexity index is 971. The average Bonchev–Trinajstić information content (AvgIpc) is 2.73. The van der Waals surface area contributed by atoms with Gasteiger partial charge in [0.05, 0.1) is 4.90 Å². The quantitative estimate of drug-likeness (QED) is 0.762. The van der Waals surface area contributed by atoms with E-state index in [2.05, 4.69) is 10.9 Å². The maximum Gasteiger partial charge on any atom is 0.269 e. The summed E-state index contributed by atoms with van der Waals surface area (Å²) in [5.74, 6) is -1.76. The number of nitrogens with zero attached hydrogens (tertiary/aromatic N) is 1. The van der Waals surface area contributed by atoms with Crippen LogP contribution in [0.15, 0.2) is 53.4 Å². The third-order valence-corrected chi connectivity index (χ3v) is 6.34. The third-order valence-electron chi connectivity index (χ3n) is 4.45. The predicted molar refractivity (Wildman–Crippen MR) is 100 cm³/mol. The molecule has 2 amide bonds. The maximum absolute atomic E-state index is 12.9. The number of rotatable bonds is 4. The number of carbonyl (C=O) groups is 2.